The second kappa shape index (κ2) is 6.74. The summed E-state index contributed by atoms with van der Waals surface area (Å²) in [6, 6.07) is 8.38. The zero-order valence-electron chi connectivity index (χ0n) is 12.8. The Labute approximate surface area is 127 Å². The van der Waals surface area contributed by atoms with Crippen molar-refractivity contribution in [3.8, 4) is 0 Å². The first-order chi connectivity index (χ1) is 9.95. The van der Waals surface area contributed by atoms with Gasteiger partial charge >= 0.3 is 0 Å². The minimum Gasteiger partial charge on any atom is -0.385 e. The number of rotatable bonds is 7. The third-order valence-electron chi connectivity index (χ3n) is 3.60. The number of hydrogen-bond acceptors (Lipinski definition) is 4. The van der Waals surface area contributed by atoms with Gasteiger partial charge < -0.3 is 10.6 Å². The van der Waals surface area contributed by atoms with Crippen LogP contribution in [0, 0.1) is 0 Å². The van der Waals surface area contributed by atoms with Gasteiger partial charge in [-0.05, 0) is 18.6 Å². The molecule has 0 spiro atoms. The average Bonchev–Trinajstić information content (AvgIpc) is 2.38. The summed E-state index contributed by atoms with van der Waals surface area (Å²) in [4.78, 5) is 0. The molecule has 118 valence electrons. The van der Waals surface area contributed by atoms with Crippen LogP contribution >= 0.6 is 0 Å². The van der Waals surface area contributed by atoms with Crippen molar-refractivity contribution in [2.45, 2.75) is 19.5 Å². The van der Waals surface area contributed by atoms with E-state index in [9.17, 15) is 8.42 Å². The summed E-state index contributed by atoms with van der Waals surface area (Å²) in [6.45, 7) is 4.76. The van der Waals surface area contributed by atoms with Crippen molar-refractivity contribution in [2.75, 3.05) is 39.0 Å². The van der Waals surface area contributed by atoms with E-state index in [2.05, 4.69) is 29.7 Å². The molecule has 1 aromatic carbocycles. The molecule has 0 unspecified atom stereocenters. The molecule has 0 aliphatic carbocycles. The van der Waals surface area contributed by atoms with Crippen molar-refractivity contribution in [2.24, 2.45) is 0 Å². The summed E-state index contributed by atoms with van der Waals surface area (Å²) in [6.07, 6.45) is 0. The lowest BCUT2D eigenvalue weighted by Crippen LogP contribution is -2.61. The zero-order chi connectivity index (χ0) is 15.5. The molecule has 0 radical (unpaired) electrons. The van der Waals surface area contributed by atoms with Crippen molar-refractivity contribution in [1.82, 2.24) is 13.9 Å². The number of anilines is 1. The first-order valence-corrected chi connectivity index (χ1v) is 8.57. The van der Waals surface area contributed by atoms with E-state index < -0.39 is 10.2 Å². The summed E-state index contributed by atoms with van der Waals surface area (Å²) in [5.41, 5.74) is 2.33. The number of hydrogen-bond donors (Lipinski definition) is 2. The molecule has 0 aromatic heterocycles. The highest BCUT2D eigenvalue weighted by molar-refractivity contribution is 7.86. The molecular weight excluding hydrogens is 288 g/mol. The highest BCUT2D eigenvalue weighted by atomic mass is 32.2. The smallest absolute Gasteiger partial charge is 0.281 e. The topological polar surface area (TPSA) is 64.7 Å². The van der Waals surface area contributed by atoms with E-state index in [1.165, 1.54) is 14.2 Å². The summed E-state index contributed by atoms with van der Waals surface area (Å²) in [5, 5.41) is 6.74. The molecule has 0 saturated carbocycles. The molecule has 0 atom stereocenters. The first-order valence-electron chi connectivity index (χ1n) is 7.18. The average molecular weight is 312 g/mol. The van der Waals surface area contributed by atoms with Crippen LogP contribution in [0.1, 0.15) is 12.5 Å². The fraction of sp³-hybridized carbons (Fsp3) is 0.571. The quantitative estimate of drug-likeness (QED) is 0.778. The molecular formula is C14H24N4O2S. The van der Waals surface area contributed by atoms with Gasteiger partial charge in [0.15, 0.2) is 0 Å². The number of para-hydroxylation sites is 1. The number of nitrogens with zero attached hydrogens (tertiary/aromatic N) is 2. The number of nitrogens with one attached hydrogen (secondary N) is 2. The van der Waals surface area contributed by atoms with E-state index in [0.29, 0.717) is 13.1 Å². The van der Waals surface area contributed by atoms with Crippen LogP contribution in [0.4, 0.5) is 5.69 Å². The van der Waals surface area contributed by atoms with E-state index in [1.807, 2.05) is 12.1 Å². The molecule has 6 nitrogen and oxygen atoms in total. The lowest BCUT2D eigenvalue weighted by Gasteiger charge is -2.39. The summed E-state index contributed by atoms with van der Waals surface area (Å²) < 4.78 is 26.5. The van der Waals surface area contributed by atoms with Crippen molar-refractivity contribution in [3.05, 3.63) is 29.8 Å². The lowest BCUT2D eigenvalue weighted by atomic mass is 10.1. The summed E-state index contributed by atoms with van der Waals surface area (Å²) >= 11 is 0. The SMILES string of the molecule is CCNc1ccccc1CNC1CN(S(=O)(=O)N(C)C)C1. The predicted molar refractivity (Wildman–Crippen MR) is 85.4 cm³/mol. The van der Waals surface area contributed by atoms with Gasteiger partial charge in [-0.2, -0.15) is 17.0 Å². The third-order valence-corrected chi connectivity index (χ3v) is 5.48. The first kappa shape index (κ1) is 16.2. The van der Waals surface area contributed by atoms with Gasteiger partial charge in [-0.15, -0.1) is 0 Å². The van der Waals surface area contributed by atoms with Crippen LogP contribution in [0.5, 0.6) is 0 Å². The Morgan fingerprint density at radius 2 is 1.95 bits per heavy atom. The minimum absolute atomic E-state index is 0.217. The second-order valence-electron chi connectivity index (χ2n) is 5.37. The molecule has 1 aromatic rings. The van der Waals surface area contributed by atoms with Crippen LogP contribution in [-0.4, -0.2) is 56.8 Å². The summed E-state index contributed by atoms with van der Waals surface area (Å²) in [5.74, 6) is 0. The van der Waals surface area contributed by atoms with Crippen LogP contribution < -0.4 is 10.6 Å². The maximum absolute atomic E-state index is 11.9. The molecule has 1 aliphatic rings. The zero-order valence-corrected chi connectivity index (χ0v) is 13.7. The second-order valence-corrected chi connectivity index (χ2v) is 7.51. The van der Waals surface area contributed by atoms with Gasteiger partial charge in [-0.1, -0.05) is 18.2 Å². The van der Waals surface area contributed by atoms with E-state index in [0.717, 1.165) is 18.8 Å². The Morgan fingerprint density at radius 1 is 1.29 bits per heavy atom. The fourth-order valence-electron chi connectivity index (χ4n) is 2.28. The fourth-order valence-corrected chi connectivity index (χ4v) is 3.48. The highest BCUT2D eigenvalue weighted by Gasteiger charge is 2.36. The van der Waals surface area contributed by atoms with E-state index in [-0.39, 0.29) is 6.04 Å². The van der Waals surface area contributed by atoms with Gasteiger partial charge in [0.05, 0.1) is 0 Å². The minimum atomic E-state index is -3.26. The van der Waals surface area contributed by atoms with Gasteiger partial charge in [0.2, 0.25) is 0 Å². The molecule has 0 amide bonds. The van der Waals surface area contributed by atoms with Crippen molar-refractivity contribution < 1.29 is 8.42 Å². The Hall–Kier alpha value is -1.15. The molecule has 21 heavy (non-hydrogen) atoms. The maximum atomic E-state index is 11.9. The molecule has 1 heterocycles. The largest absolute Gasteiger partial charge is 0.385 e. The predicted octanol–water partition coefficient (Wildman–Crippen LogP) is 0.699. The monoisotopic (exact) mass is 312 g/mol. The van der Waals surface area contributed by atoms with Crippen LogP contribution in [0.15, 0.2) is 24.3 Å². The third kappa shape index (κ3) is 3.74. The van der Waals surface area contributed by atoms with Gasteiger partial charge in [0.1, 0.15) is 0 Å². The van der Waals surface area contributed by atoms with Crippen LogP contribution in [-0.2, 0) is 16.8 Å². The number of benzene rings is 1. The maximum Gasteiger partial charge on any atom is 0.281 e. The van der Waals surface area contributed by atoms with Crippen LogP contribution in [0.3, 0.4) is 0 Å². The Bertz CT molecular complexity index is 568. The standard InChI is InChI=1S/C14H24N4O2S/c1-4-15-14-8-6-5-7-12(14)9-16-13-10-18(11-13)21(19,20)17(2)3/h5-8,13,15-16H,4,9-11H2,1-3H3. The lowest BCUT2D eigenvalue weighted by molar-refractivity contribution is 0.215. The van der Waals surface area contributed by atoms with E-state index in [4.69, 9.17) is 0 Å². The van der Waals surface area contributed by atoms with Crippen molar-refractivity contribution in [3.63, 3.8) is 0 Å². The Morgan fingerprint density at radius 3 is 2.57 bits per heavy atom. The van der Waals surface area contributed by atoms with E-state index >= 15 is 0 Å². The van der Waals surface area contributed by atoms with E-state index in [1.54, 1.807) is 14.1 Å². The normalized spacial score (nSPS) is 17.0. The van der Waals surface area contributed by atoms with Crippen LogP contribution in [0.2, 0.25) is 0 Å². The van der Waals surface area contributed by atoms with Gasteiger partial charge in [-0.25, -0.2) is 0 Å². The molecule has 0 bridgehead atoms. The Kier molecular flexibility index (Phi) is 5.21. The van der Waals surface area contributed by atoms with Gasteiger partial charge in [0, 0.05) is 52.0 Å². The highest BCUT2D eigenvalue weighted by Crippen LogP contribution is 2.18. The van der Waals surface area contributed by atoms with Gasteiger partial charge in [-0.3, -0.25) is 0 Å². The van der Waals surface area contributed by atoms with Crippen molar-refractivity contribution in [1.29, 1.82) is 0 Å². The summed E-state index contributed by atoms with van der Waals surface area (Å²) in [7, 11) is -0.142. The molecule has 7 heteroatoms. The molecule has 2 rings (SSSR count). The van der Waals surface area contributed by atoms with Crippen molar-refractivity contribution >= 4 is 15.9 Å². The molecule has 1 aliphatic heterocycles. The molecule has 1 fully saturated rings. The Balaban J connectivity index is 1.84. The molecule has 1 saturated heterocycles. The van der Waals surface area contributed by atoms with Crippen LogP contribution in [0.25, 0.3) is 0 Å². The van der Waals surface area contributed by atoms with Gasteiger partial charge in [0.25, 0.3) is 10.2 Å². The molecule has 2 N–H and O–H groups in total.